The number of anilines is 2. The molecule has 5 heteroatoms. The Hall–Kier alpha value is -1.85. The Morgan fingerprint density at radius 2 is 1.30 bits per heavy atom. The lowest BCUT2D eigenvalue weighted by Crippen LogP contribution is -2.34. The van der Waals surface area contributed by atoms with Gasteiger partial charge in [0.15, 0.2) is 0 Å². The summed E-state index contributed by atoms with van der Waals surface area (Å²) < 4.78 is 25.7. The van der Waals surface area contributed by atoms with Crippen LogP contribution in [0.25, 0.3) is 0 Å². The van der Waals surface area contributed by atoms with Crippen molar-refractivity contribution in [3.8, 4) is 0 Å². The molecular formula is C18H20N2O2S. The van der Waals surface area contributed by atoms with E-state index in [2.05, 4.69) is 9.80 Å². The van der Waals surface area contributed by atoms with Crippen molar-refractivity contribution in [2.24, 2.45) is 0 Å². The zero-order valence-corrected chi connectivity index (χ0v) is 13.8. The van der Waals surface area contributed by atoms with Gasteiger partial charge in [0.1, 0.15) is 0 Å². The lowest BCUT2D eigenvalue weighted by Gasteiger charge is -2.33. The molecule has 0 aromatic heterocycles. The van der Waals surface area contributed by atoms with Gasteiger partial charge in [-0.25, -0.2) is 8.42 Å². The Balaban J connectivity index is 1.77. The zero-order valence-electron chi connectivity index (χ0n) is 13.0. The van der Waals surface area contributed by atoms with Gasteiger partial charge in [-0.3, -0.25) is 0 Å². The zero-order chi connectivity index (χ0) is 15.9. The summed E-state index contributed by atoms with van der Waals surface area (Å²) in [6.45, 7) is 4.07. The second-order valence-electron chi connectivity index (χ2n) is 6.14. The fraction of sp³-hybridized carbons (Fsp3) is 0.333. The van der Waals surface area contributed by atoms with E-state index in [0.717, 1.165) is 37.6 Å². The van der Waals surface area contributed by atoms with E-state index >= 15 is 0 Å². The van der Waals surface area contributed by atoms with Crippen molar-refractivity contribution in [2.45, 2.75) is 22.6 Å². The molecule has 1 saturated heterocycles. The maximum Gasteiger partial charge on any atom is 0.210 e. The first-order valence-electron chi connectivity index (χ1n) is 8.11. The van der Waals surface area contributed by atoms with E-state index in [4.69, 9.17) is 0 Å². The number of nitrogens with zero attached hydrogens (tertiary/aromatic N) is 2. The highest BCUT2D eigenvalue weighted by atomic mass is 32.2. The third-order valence-electron chi connectivity index (χ3n) is 4.73. The number of rotatable bonds is 3. The summed E-state index contributed by atoms with van der Waals surface area (Å²) >= 11 is 0. The van der Waals surface area contributed by atoms with Gasteiger partial charge in [0.2, 0.25) is 9.84 Å². The van der Waals surface area contributed by atoms with Crippen molar-refractivity contribution in [3.05, 3.63) is 48.5 Å². The molecule has 4 rings (SSSR count). The van der Waals surface area contributed by atoms with E-state index in [1.807, 2.05) is 24.3 Å². The summed E-state index contributed by atoms with van der Waals surface area (Å²) in [6, 6.07) is 14.6. The van der Waals surface area contributed by atoms with Crippen molar-refractivity contribution in [2.75, 3.05) is 31.1 Å². The fourth-order valence-electron chi connectivity index (χ4n) is 3.55. The predicted octanol–water partition coefficient (Wildman–Crippen LogP) is 3.07. The number of benzene rings is 2. The Kier molecular flexibility index (Phi) is 3.62. The minimum Gasteiger partial charge on any atom is -0.338 e. The molecule has 0 atom stereocenters. The average Bonchev–Trinajstić information content (AvgIpc) is 3.09. The molecule has 23 heavy (non-hydrogen) atoms. The first-order valence-corrected chi connectivity index (χ1v) is 9.59. The number of hydrogen-bond donors (Lipinski definition) is 0. The number of hydrogen-bond acceptors (Lipinski definition) is 4. The van der Waals surface area contributed by atoms with E-state index in [-0.39, 0.29) is 0 Å². The summed E-state index contributed by atoms with van der Waals surface area (Å²) in [4.78, 5) is 5.44. The molecule has 120 valence electrons. The third-order valence-corrected chi connectivity index (χ3v) is 6.58. The van der Waals surface area contributed by atoms with Crippen LogP contribution in [0.15, 0.2) is 58.3 Å². The highest BCUT2D eigenvalue weighted by Gasteiger charge is 2.33. The molecule has 0 radical (unpaired) electrons. The van der Waals surface area contributed by atoms with Gasteiger partial charge < -0.3 is 9.80 Å². The summed E-state index contributed by atoms with van der Waals surface area (Å²) in [5, 5.41) is 0. The highest BCUT2D eigenvalue weighted by Crippen LogP contribution is 2.43. The highest BCUT2D eigenvalue weighted by molar-refractivity contribution is 7.92. The van der Waals surface area contributed by atoms with Gasteiger partial charge in [-0.2, -0.15) is 0 Å². The standard InChI is InChI=1S/C18H20N2O2S/c21-23(22)17-9-3-1-7-15(17)20(14-13-19-11-5-6-12-19)16-8-2-4-10-18(16)23/h1-4,7-10H,5-6,11-14H2. The monoisotopic (exact) mass is 328 g/mol. The van der Waals surface area contributed by atoms with Crippen LogP contribution in [0.4, 0.5) is 11.4 Å². The molecule has 0 aliphatic carbocycles. The second-order valence-corrected chi connectivity index (χ2v) is 8.03. The van der Waals surface area contributed by atoms with Crippen LogP contribution in [0.2, 0.25) is 0 Å². The van der Waals surface area contributed by atoms with Gasteiger partial charge >= 0.3 is 0 Å². The molecule has 2 aromatic rings. The molecule has 0 bridgehead atoms. The molecule has 0 unspecified atom stereocenters. The molecule has 2 heterocycles. The first kappa shape index (κ1) is 14.7. The average molecular weight is 328 g/mol. The van der Waals surface area contributed by atoms with Crippen LogP contribution in [0.5, 0.6) is 0 Å². The number of fused-ring (bicyclic) bond motifs is 2. The Morgan fingerprint density at radius 1 is 0.783 bits per heavy atom. The SMILES string of the molecule is O=S1(=O)c2ccccc2N(CCN2CCCC2)c2ccccc21. The van der Waals surface area contributed by atoms with E-state index in [1.165, 1.54) is 12.8 Å². The van der Waals surface area contributed by atoms with Crippen LogP contribution in [-0.2, 0) is 9.84 Å². The summed E-state index contributed by atoms with van der Waals surface area (Å²) in [6.07, 6.45) is 2.53. The van der Waals surface area contributed by atoms with E-state index in [9.17, 15) is 8.42 Å². The second kappa shape index (κ2) is 5.65. The van der Waals surface area contributed by atoms with Crippen molar-refractivity contribution in [3.63, 3.8) is 0 Å². The van der Waals surface area contributed by atoms with Gasteiger partial charge in [0.25, 0.3) is 0 Å². The van der Waals surface area contributed by atoms with Gasteiger partial charge in [0, 0.05) is 13.1 Å². The molecule has 0 amide bonds. The first-order chi connectivity index (χ1) is 11.2. The Bertz CT molecular complexity index is 773. The van der Waals surface area contributed by atoms with Crippen LogP contribution in [-0.4, -0.2) is 39.5 Å². The van der Waals surface area contributed by atoms with Crippen LogP contribution in [0.3, 0.4) is 0 Å². The normalized spacial score (nSPS) is 19.4. The lowest BCUT2D eigenvalue weighted by molar-refractivity contribution is 0.347. The summed E-state index contributed by atoms with van der Waals surface area (Å²) in [5.41, 5.74) is 1.59. The smallest absolute Gasteiger partial charge is 0.210 e. The van der Waals surface area contributed by atoms with Crippen LogP contribution >= 0.6 is 0 Å². The number of para-hydroxylation sites is 2. The largest absolute Gasteiger partial charge is 0.338 e. The van der Waals surface area contributed by atoms with E-state index in [1.54, 1.807) is 24.3 Å². The third kappa shape index (κ3) is 2.44. The van der Waals surface area contributed by atoms with Gasteiger partial charge in [-0.1, -0.05) is 24.3 Å². The minimum atomic E-state index is -3.43. The van der Waals surface area contributed by atoms with Crippen molar-refractivity contribution in [1.82, 2.24) is 4.90 Å². The Morgan fingerprint density at radius 3 is 1.87 bits per heavy atom. The summed E-state index contributed by atoms with van der Waals surface area (Å²) in [7, 11) is -3.43. The van der Waals surface area contributed by atoms with Crippen LogP contribution in [0, 0.1) is 0 Å². The van der Waals surface area contributed by atoms with Crippen molar-refractivity contribution < 1.29 is 8.42 Å². The van der Waals surface area contributed by atoms with Crippen molar-refractivity contribution >= 4 is 21.2 Å². The maximum absolute atomic E-state index is 12.9. The molecule has 1 fully saturated rings. The predicted molar refractivity (Wildman–Crippen MR) is 91.0 cm³/mol. The Labute approximate surface area is 137 Å². The molecule has 0 spiro atoms. The van der Waals surface area contributed by atoms with E-state index in [0.29, 0.717) is 9.79 Å². The molecule has 4 nitrogen and oxygen atoms in total. The van der Waals surface area contributed by atoms with Crippen LogP contribution < -0.4 is 4.90 Å². The van der Waals surface area contributed by atoms with Gasteiger partial charge in [0.05, 0.1) is 21.2 Å². The van der Waals surface area contributed by atoms with Crippen LogP contribution in [0.1, 0.15) is 12.8 Å². The number of sulfone groups is 1. The lowest BCUT2D eigenvalue weighted by atomic mass is 10.2. The molecule has 2 aliphatic rings. The molecule has 2 aliphatic heterocycles. The minimum absolute atomic E-state index is 0.417. The molecule has 0 saturated carbocycles. The maximum atomic E-state index is 12.9. The fourth-order valence-corrected chi connectivity index (χ4v) is 5.21. The quantitative estimate of drug-likeness (QED) is 0.868. The van der Waals surface area contributed by atoms with E-state index < -0.39 is 9.84 Å². The number of likely N-dealkylation sites (tertiary alicyclic amines) is 1. The van der Waals surface area contributed by atoms with Gasteiger partial charge in [-0.05, 0) is 50.2 Å². The van der Waals surface area contributed by atoms with Gasteiger partial charge in [-0.15, -0.1) is 0 Å². The molecule has 0 N–H and O–H groups in total. The van der Waals surface area contributed by atoms with Crippen molar-refractivity contribution in [1.29, 1.82) is 0 Å². The topological polar surface area (TPSA) is 40.6 Å². The molecule has 2 aromatic carbocycles. The summed E-state index contributed by atoms with van der Waals surface area (Å²) in [5.74, 6) is 0. The molecular weight excluding hydrogens is 308 g/mol.